The highest BCUT2D eigenvalue weighted by Gasteiger charge is 2.36. The fraction of sp³-hybridized carbons (Fsp3) is 0.538. The van der Waals surface area contributed by atoms with E-state index in [1.54, 1.807) is 5.56 Å². The third-order valence-corrected chi connectivity index (χ3v) is 4.04. The van der Waals surface area contributed by atoms with Crippen molar-refractivity contribution in [2.75, 3.05) is 0 Å². The monoisotopic (exact) mass is 187 g/mol. The lowest BCUT2D eigenvalue weighted by Crippen LogP contribution is -2.43. The van der Waals surface area contributed by atoms with Crippen molar-refractivity contribution in [2.24, 2.45) is 11.7 Å². The van der Waals surface area contributed by atoms with Gasteiger partial charge in [0.05, 0.1) is 0 Å². The summed E-state index contributed by atoms with van der Waals surface area (Å²) < 4.78 is 0. The third kappa shape index (κ3) is 1.12. The molecule has 74 valence electrons. The minimum atomic E-state index is 0.429. The van der Waals surface area contributed by atoms with Gasteiger partial charge < -0.3 is 5.73 Å². The van der Waals surface area contributed by atoms with Gasteiger partial charge in [-0.15, -0.1) is 0 Å². The Balaban J connectivity index is 2.08. The minimum absolute atomic E-state index is 0.429. The minimum Gasteiger partial charge on any atom is -0.327 e. The van der Waals surface area contributed by atoms with Crippen LogP contribution >= 0.6 is 0 Å². The molecule has 1 aromatic carbocycles. The predicted molar refractivity (Wildman–Crippen MR) is 58.2 cm³/mol. The molecule has 1 aromatic rings. The van der Waals surface area contributed by atoms with E-state index in [0.717, 1.165) is 5.92 Å². The second-order valence-corrected chi connectivity index (χ2v) is 4.78. The zero-order valence-corrected chi connectivity index (χ0v) is 8.45. The van der Waals surface area contributed by atoms with Crippen molar-refractivity contribution >= 4 is 0 Å². The van der Waals surface area contributed by atoms with Crippen LogP contribution in [0.1, 0.15) is 36.3 Å². The van der Waals surface area contributed by atoms with Crippen LogP contribution < -0.4 is 5.73 Å². The molecule has 2 bridgehead atoms. The van der Waals surface area contributed by atoms with E-state index in [2.05, 4.69) is 24.3 Å². The number of benzene rings is 1. The van der Waals surface area contributed by atoms with Gasteiger partial charge in [-0.2, -0.15) is 0 Å². The Morgan fingerprint density at radius 1 is 1.14 bits per heavy atom. The first-order valence-electron chi connectivity index (χ1n) is 5.69. The molecular formula is C13H17N. The fourth-order valence-corrected chi connectivity index (χ4v) is 3.28. The summed E-state index contributed by atoms with van der Waals surface area (Å²) >= 11 is 0. The van der Waals surface area contributed by atoms with E-state index < -0.39 is 0 Å². The van der Waals surface area contributed by atoms with Crippen LogP contribution in [0.5, 0.6) is 0 Å². The van der Waals surface area contributed by atoms with Crippen LogP contribution in [0.25, 0.3) is 0 Å². The molecule has 0 spiro atoms. The highest BCUT2D eigenvalue weighted by Crippen LogP contribution is 2.42. The van der Waals surface area contributed by atoms with E-state index in [9.17, 15) is 0 Å². The highest BCUT2D eigenvalue weighted by molar-refractivity contribution is 5.35. The lowest BCUT2D eigenvalue weighted by Gasteiger charge is -2.41. The molecule has 0 saturated heterocycles. The first-order chi connectivity index (χ1) is 6.86. The van der Waals surface area contributed by atoms with Gasteiger partial charge in [0.15, 0.2) is 0 Å². The second-order valence-electron chi connectivity index (χ2n) is 4.78. The standard InChI is InChI=1S/C13H17N/c14-13-10-5-3-7-12(13)11-6-2-1-4-9(11)8-10/h1-2,4,6,10,12-13H,3,5,7-8,14H2. The molecule has 14 heavy (non-hydrogen) atoms. The van der Waals surface area contributed by atoms with Crippen molar-refractivity contribution in [1.82, 2.24) is 0 Å². The van der Waals surface area contributed by atoms with E-state index in [1.165, 1.54) is 31.2 Å². The van der Waals surface area contributed by atoms with Gasteiger partial charge in [0.1, 0.15) is 0 Å². The first kappa shape index (κ1) is 8.49. The second kappa shape index (κ2) is 3.09. The summed E-state index contributed by atoms with van der Waals surface area (Å²) in [5, 5.41) is 0. The first-order valence-corrected chi connectivity index (χ1v) is 5.69. The Hall–Kier alpha value is -0.820. The Morgan fingerprint density at radius 2 is 2.00 bits per heavy atom. The number of hydrogen-bond acceptors (Lipinski definition) is 1. The van der Waals surface area contributed by atoms with Crippen LogP contribution in [0.3, 0.4) is 0 Å². The smallest absolute Gasteiger partial charge is 0.0140 e. The maximum Gasteiger partial charge on any atom is 0.0140 e. The summed E-state index contributed by atoms with van der Waals surface area (Å²) in [5.74, 6) is 1.40. The average Bonchev–Trinajstić information content (AvgIpc) is 2.18. The van der Waals surface area contributed by atoms with Gasteiger partial charge in [0, 0.05) is 6.04 Å². The molecule has 0 amide bonds. The van der Waals surface area contributed by atoms with Crippen molar-refractivity contribution < 1.29 is 0 Å². The Bertz CT molecular complexity index is 345. The zero-order valence-electron chi connectivity index (χ0n) is 8.45. The van der Waals surface area contributed by atoms with Crippen LogP contribution in [0, 0.1) is 5.92 Å². The molecule has 1 fully saturated rings. The summed E-state index contributed by atoms with van der Waals surface area (Å²) in [4.78, 5) is 0. The maximum absolute atomic E-state index is 6.30. The maximum atomic E-state index is 6.30. The Kier molecular flexibility index (Phi) is 1.88. The van der Waals surface area contributed by atoms with E-state index >= 15 is 0 Å². The zero-order chi connectivity index (χ0) is 9.54. The van der Waals surface area contributed by atoms with Crippen molar-refractivity contribution in [3.05, 3.63) is 35.4 Å². The molecule has 3 atom stereocenters. The van der Waals surface area contributed by atoms with Crippen molar-refractivity contribution in [2.45, 2.75) is 37.6 Å². The molecule has 3 rings (SSSR count). The van der Waals surface area contributed by atoms with Crippen LogP contribution in [0.4, 0.5) is 0 Å². The number of hydrogen-bond donors (Lipinski definition) is 1. The summed E-state index contributed by atoms with van der Waals surface area (Å²) in [6.45, 7) is 0. The lowest BCUT2D eigenvalue weighted by atomic mass is 9.66. The molecular weight excluding hydrogens is 170 g/mol. The summed E-state index contributed by atoms with van der Waals surface area (Å²) in [6, 6.07) is 9.30. The molecule has 2 aliphatic carbocycles. The Morgan fingerprint density at radius 3 is 2.93 bits per heavy atom. The van der Waals surface area contributed by atoms with Gasteiger partial charge in [-0.3, -0.25) is 0 Å². The van der Waals surface area contributed by atoms with Crippen molar-refractivity contribution in [3.63, 3.8) is 0 Å². The molecule has 0 aromatic heterocycles. The summed E-state index contributed by atoms with van der Waals surface area (Å²) in [6.07, 6.45) is 5.23. The Labute approximate surface area is 85.3 Å². The van der Waals surface area contributed by atoms with Crippen LogP contribution in [-0.4, -0.2) is 6.04 Å². The van der Waals surface area contributed by atoms with Gasteiger partial charge in [0.25, 0.3) is 0 Å². The van der Waals surface area contributed by atoms with Gasteiger partial charge in [-0.25, -0.2) is 0 Å². The molecule has 0 radical (unpaired) electrons. The van der Waals surface area contributed by atoms with Gasteiger partial charge in [0.2, 0.25) is 0 Å². The normalized spacial score (nSPS) is 35.1. The molecule has 1 nitrogen and oxygen atoms in total. The SMILES string of the molecule is NC1C2CCCC1c1ccccc1C2. The number of rotatable bonds is 0. The lowest BCUT2D eigenvalue weighted by molar-refractivity contribution is 0.252. The molecule has 2 N–H and O–H groups in total. The van der Waals surface area contributed by atoms with Crippen molar-refractivity contribution in [3.8, 4) is 0 Å². The van der Waals surface area contributed by atoms with Gasteiger partial charge in [-0.05, 0) is 42.2 Å². The van der Waals surface area contributed by atoms with Gasteiger partial charge in [-0.1, -0.05) is 30.7 Å². The van der Waals surface area contributed by atoms with E-state index in [-0.39, 0.29) is 0 Å². The van der Waals surface area contributed by atoms with E-state index in [0.29, 0.717) is 12.0 Å². The highest BCUT2D eigenvalue weighted by atomic mass is 14.7. The largest absolute Gasteiger partial charge is 0.327 e. The average molecular weight is 187 g/mol. The van der Waals surface area contributed by atoms with Crippen molar-refractivity contribution in [1.29, 1.82) is 0 Å². The quantitative estimate of drug-likeness (QED) is 0.663. The number of fused-ring (bicyclic) bond motifs is 4. The summed E-state index contributed by atoms with van der Waals surface area (Å²) in [7, 11) is 0. The molecule has 2 aliphatic rings. The molecule has 1 saturated carbocycles. The van der Waals surface area contributed by atoms with E-state index in [4.69, 9.17) is 5.73 Å². The topological polar surface area (TPSA) is 26.0 Å². The fourth-order valence-electron chi connectivity index (χ4n) is 3.28. The predicted octanol–water partition coefficient (Wildman–Crippen LogP) is 2.45. The third-order valence-electron chi connectivity index (χ3n) is 4.04. The number of nitrogens with two attached hydrogens (primary N) is 1. The molecule has 1 heteroatoms. The van der Waals surface area contributed by atoms with Crippen LogP contribution in [0.15, 0.2) is 24.3 Å². The summed E-state index contributed by atoms with van der Waals surface area (Å²) in [5.41, 5.74) is 9.40. The van der Waals surface area contributed by atoms with E-state index in [1.807, 2.05) is 0 Å². The molecule has 0 heterocycles. The van der Waals surface area contributed by atoms with Crippen LogP contribution in [-0.2, 0) is 6.42 Å². The molecule has 3 unspecified atom stereocenters. The molecule has 0 aliphatic heterocycles. The van der Waals surface area contributed by atoms with Gasteiger partial charge >= 0.3 is 0 Å². The van der Waals surface area contributed by atoms with Crippen LogP contribution in [0.2, 0.25) is 0 Å².